The zero-order valence-corrected chi connectivity index (χ0v) is 27.1. The number of nitrogens with one attached hydrogen (secondary N) is 1. The van der Waals surface area contributed by atoms with Crippen molar-refractivity contribution in [2.75, 3.05) is 5.32 Å². The SMILES string of the molecule is CC(C)(C)[C@@H]1CCc2c(sc(N=Cc3ccc(OCc4ccc(Cl)cc4)c(Br)c3)c2C(=O)Nc2ccc(Cl)cc2)C1. The Labute approximate surface area is 263 Å². The van der Waals surface area contributed by atoms with E-state index in [9.17, 15) is 4.79 Å². The van der Waals surface area contributed by atoms with Gasteiger partial charge >= 0.3 is 0 Å². The van der Waals surface area contributed by atoms with Crippen LogP contribution in [0.15, 0.2) is 76.2 Å². The summed E-state index contributed by atoms with van der Waals surface area (Å²) in [6, 6.07) is 20.6. The van der Waals surface area contributed by atoms with Gasteiger partial charge in [0, 0.05) is 26.8 Å². The third-order valence-corrected chi connectivity index (χ3v) is 9.68. The smallest absolute Gasteiger partial charge is 0.259 e. The minimum atomic E-state index is -0.140. The Balaban J connectivity index is 1.39. The highest BCUT2D eigenvalue weighted by molar-refractivity contribution is 9.10. The lowest BCUT2D eigenvalue weighted by Crippen LogP contribution is -2.27. The van der Waals surface area contributed by atoms with Gasteiger partial charge in [-0.25, -0.2) is 4.99 Å². The molecule has 3 aromatic carbocycles. The van der Waals surface area contributed by atoms with Gasteiger partial charge in [0.2, 0.25) is 0 Å². The van der Waals surface area contributed by atoms with Crippen molar-refractivity contribution >= 4 is 73.3 Å². The molecule has 0 fully saturated rings. The second-order valence-electron chi connectivity index (χ2n) is 11.3. The topological polar surface area (TPSA) is 50.7 Å². The average molecular weight is 670 g/mol. The number of anilines is 1. The molecule has 0 aliphatic heterocycles. The Bertz CT molecular complexity index is 1570. The number of halogens is 3. The zero-order valence-electron chi connectivity index (χ0n) is 23.1. The molecular weight excluding hydrogens is 639 g/mol. The number of thiophene rings is 1. The number of rotatable bonds is 7. The predicted molar refractivity (Wildman–Crippen MR) is 176 cm³/mol. The number of benzene rings is 3. The van der Waals surface area contributed by atoms with Gasteiger partial charge in [-0.15, -0.1) is 11.3 Å². The third kappa shape index (κ3) is 7.42. The number of amides is 1. The lowest BCUT2D eigenvalue weighted by Gasteiger charge is -2.33. The first-order chi connectivity index (χ1) is 19.6. The lowest BCUT2D eigenvalue weighted by atomic mass is 9.72. The van der Waals surface area contributed by atoms with Gasteiger partial charge in [0.1, 0.15) is 17.4 Å². The fourth-order valence-electron chi connectivity index (χ4n) is 4.95. The van der Waals surface area contributed by atoms with Crippen LogP contribution in [0.4, 0.5) is 10.7 Å². The number of fused-ring (bicyclic) bond motifs is 1. The molecule has 0 saturated carbocycles. The van der Waals surface area contributed by atoms with Crippen LogP contribution >= 0.6 is 50.5 Å². The summed E-state index contributed by atoms with van der Waals surface area (Å²) in [5, 5.41) is 5.11. The molecule has 1 atom stereocenters. The van der Waals surface area contributed by atoms with E-state index in [0.717, 1.165) is 51.2 Å². The van der Waals surface area contributed by atoms with Crippen molar-refractivity contribution in [2.45, 2.75) is 46.6 Å². The number of ether oxygens (including phenoxy) is 1. The van der Waals surface area contributed by atoms with Crippen LogP contribution < -0.4 is 10.1 Å². The van der Waals surface area contributed by atoms with Gasteiger partial charge in [-0.1, -0.05) is 56.1 Å². The molecule has 1 N–H and O–H groups in total. The molecule has 0 saturated heterocycles. The van der Waals surface area contributed by atoms with Crippen LogP contribution in [0.25, 0.3) is 0 Å². The van der Waals surface area contributed by atoms with E-state index >= 15 is 0 Å². The Morgan fingerprint density at radius 3 is 2.41 bits per heavy atom. The van der Waals surface area contributed by atoms with Crippen LogP contribution in [-0.2, 0) is 19.4 Å². The van der Waals surface area contributed by atoms with Crippen LogP contribution in [0.3, 0.4) is 0 Å². The van der Waals surface area contributed by atoms with Crippen molar-refractivity contribution in [1.29, 1.82) is 0 Å². The molecule has 4 nitrogen and oxygen atoms in total. The van der Waals surface area contributed by atoms with Crippen LogP contribution in [-0.4, -0.2) is 12.1 Å². The molecule has 0 bridgehead atoms. The molecule has 1 aliphatic carbocycles. The van der Waals surface area contributed by atoms with E-state index < -0.39 is 0 Å². The second-order valence-corrected chi connectivity index (χ2v) is 14.1. The quantitative estimate of drug-likeness (QED) is 0.199. The maximum atomic E-state index is 13.6. The van der Waals surface area contributed by atoms with E-state index in [2.05, 4.69) is 42.0 Å². The minimum Gasteiger partial charge on any atom is -0.488 e. The van der Waals surface area contributed by atoms with E-state index in [1.54, 1.807) is 23.5 Å². The van der Waals surface area contributed by atoms with Crippen molar-refractivity contribution in [3.63, 3.8) is 0 Å². The van der Waals surface area contributed by atoms with Gasteiger partial charge in [-0.3, -0.25) is 4.79 Å². The van der Waals surface area contributed by atoms with E-state index in [4.69, 9.17) is 32.9 Å². The highest BCUT2D eigenvalue weighted by Gasteiger charge is 2.33. The molecule has 0 unspecified atom stereocenters. The van der Waals surface area contributed by atoms with Crippen molar-refractivity contribution in [3.8, 4) is 5.75 Å². The monoisotopic (exact) mass is 668 g/mol. The van der Waals surface area contributed by atoms with Crippen LogP contribution in [0.5, 0.6) is 5.75 Å². The van der Waals surface area contributed by atoms with E-state index in [1.807, 2.05) is 60.8 Å². The van der Waals surface area contributed by atoms with Crippen LogP contribution in [0.2, 0.25) is 10.0 Å². The minimum absolute atomic E-state index is 0.140. The first-order valence-electron chi connectivity index (χ1n) is 13.5. The average Bonchev–Trinajstić information content (AvgIpc) is 3.31. The van der Waals surface area contributed by atoms with Crippen molar-refractivity contribution in [3.05, 3.63) is 108 Å². The molecule has 1 amide bonds. The maximum absolute atomic E-state index is 13.6. The zero-order chi connectivity index (χ0) is 29.1. The molecular formula is C33H31BrCl2N2O2S. The first kappa shape index (κ1) is 29.8. The first-order valence-corrected chi connectivity index (χ1v) is 15.9. The summed E-state index contributed by atoms with van der Waals surface area (Å²) in [6.45, 7) is 7.32. The highest BCUT2D eigenvalue weighted by Crippen LogP contribution is 2.45. The summed E-state index contributed by atoms with van der Waals surface area (Å²) in [6.07, 6.45) is 4.71. The Morgan fingerprint density at radius 2 is 1.76 bits per heavy atom. The lowest BCUT2D eigenvalue weighted by molar-refractivity contribution is 0.102. The van der Waals surface area contributed by atoms with Crippen LogP contribution in [0, 0.1) is 11.3 Å². The summed E-state index contributed by atoms with van der Waals surface area (Å²) in [4.78, 5) is 19.7. The van der Waals surface area contributed by atoms with Gasteiger partial charge in [0.15, 0.2) is 0 Å². The fourth-order valence-corrected chi connectivity index (χ4v) is 6.98. The van der Waals surface area contributed by atoms with Gasteiger partial charge in [-0.05, 0) is 118 Å². The molecule has 5 rings (SSSR count). The molecule has 1 heterocycles. The molecule has 1 aliphatic rings. The van der Waals surface area contributed by atoms with Crippen molar-refractivity contribution in [1.82, 2.24) is 0 Å². The van der Waals surface area contributed by atoms with Gasteiger partial charge in [0.05, 0.1) is 10.0 Å². The number of hydrogen-bond acceptors (Lipinski definition) is 4. The predicted octanol–water partition coefficient (Wildman–Crippen LogP) is 10.6. The summed E-state index contributed by atoms with van der Waals surface area (Å²) in [7, 11) is 0. The van der Waals surface area contributed by atoms with E-state index in [1.165, 1.54) is 4.88 Å². The largest absolute Gasteiger partial charge is 0.488 e. The molecule has 1 aromatic heterocycles. The normalized spacial score (nSPS) is 15.1. The van der Waals surface area contributed by atoms with E-state index in [-0.39, 0.29) is 11.3 Å². The summed E-state index contributed by atoms with van der Waals surface area (Å²) in [5.41, 5.74) is 4.65. The molecule has 41 heavy (non-hydrogen) atoms. The van der Waals surface area contributed by atoms with Gasteiger partial charge in [-0.2, -0.15) is 0 Å². The Hall–Kier alpha value is -2.64. The number of aliphatic imine (C=N–C) groups is 1. The number of carbonyl (C=O) groups excluding carboxylic acids is 1. The number of nitrogens with zero attached hydrogens (tertiary/aromatic N) is 1. The third-order valence-electron chi connectivity index (χ3n) is 7.40. The Kier molecular flexibility index (Phi) is 9.24. The fraction of sp³-hybridized carbons (Fsp3) is 0.273. The van der Waals surface area contributed by atoms with Crippen molar-refractivity contribution in [2.24, 2.45) is 16.3 Å². The molecule has 0 spiro atoms. The van der Waals surface area contributed by atoms with Gasteiger partial charge in [0.25, 0.3) is 5.91 Å². The molecule has 8 heteroatoms. The van der Waals surface area contributed by atoms with Crippen molar-refractivity contribution < 1.29 is 9.53 Å². The van der Waals surface area contributed by atoms with Crippen LogP contribution in [0.1, 0.15) is 59.1 Å². The molecule has 0 radical (unpaired) electrons. The molecule has 212 valence electrons. The second kappa shape index (κ2) is 12.7. The standard InChI is InChI=1S/C33H31BrCl2N2O2S/c1-33(2,3)22-7-14-26-29(17-22)41-32(30(26)31(39)38-25-12-10-24(36)11-13-25)37-18-21-6-15-28(27(34)16-21)40-19-20-4-8-23(35)9-5-20/h4-6,8-13,15-16,18,22H,7,14,17,19H2,1-3H3,(H,38,39)/t22-/m1/s1. The summed E-state index contributed by atoms with van der Waals surface area (Å²) >= 11 is 17.3. The highest BCUT2D eigenvalue weighted by atomic mass is 79.9. The summed E-state index contributed by atoms with van der Waals surface area (Å²) < 4.78 is 6.82. The Morgan fingerprint density at radius 1 is 1.07 bits per heavy atom. The van der Waals surface area contributed by atoms with Gasteiger partial charge < -0.3 is 10.1 Å². The number of carbonyl (C=O) groups is 1. The maximum Gasteiger partial charge on any atom is 0.259 e. The summed E-state index contributed by atoms with van der Waals surface area (Å²) in [5.74, 6) is 1.16. The molecule has 4 aromatic rings. The van der Waals surface area contributed by atoms with E-state index in [0.29, 0.717) is 33.8 Å². The number of hydrogen-bond donors (Lipinski definition) is 1.